The van der Waals surface area contributed by atoms with E-state index in [0.29, 0.717) is 6.42 Å². The molecule has 2 aromatic rings. The number of hydrogen-bond donors (Lipinski definition) is 0. The largest absolute Gasteiger partial charge is 0.364 e. The average molecular weight is 258 g/mol. The SMILES string of the molecule is O=C1CCCN(Cc2nccs2)c2ccccc21. The molecule has 1 aromatic heterocycles. The van der Waals surface area contributed by atoms with Gasteiger partial charge in [0.25, 0.3) is 0 Å². The van der Waals surface area contributed by atoms with Crippen LogP contribution >= 0.6 is 11.3 Å². The number of para-hydroxylation sites is 1. The molecule has 2 heterocycles. The van der Waals surface area contributed by atoms with E-state index in [0.717, 1.165) is 35.8 Å². The fourth-order valence-electron chi connectivity index (χ4n) is 2.33. The fraction of sp³-hybridized carbons (Fsp3) is 0.286. The molecule has 18 heavy (non-hydrogen) atoms. The summed E-state index contributed by atoms with van der Waals surface area (Å²) in [6, 6.07) is 7.89. The average Bonchev–Trinajstić information content (AvgIpc) is 2.85. The predicted octanol–water partition coefficient (Wildman–Crippen LogP) is 3.13. The predicted molar refractivity (Wildman–Crippen MR) is 73.2 cm³/mol. The van der Waals surface area contributed by atoms with Crippen molar-refractivity contribution < 1.29 is 4.79 Å². The van der Waals surface area contributed by atoms with Gasteiger partial charge in [0.2, 0.25) is 0 Å². The van der Waals surface area contributed by atoms with E-state index in [2.05, 4.69) is 9.88 Å². The van der Waals surface area contributed by atoms with Crippen LogP contribution in [-0.4, -0.2) is 17.3 Å². The van der Waals surface area contributed by atoms with Crippen molar-refractivity contribution in [2.24, 2.45) is 0 Å². The summed E-state index contributed by atoms with van der Waals surface area (Å²) in [6.07, 6.45) is 3.39. The summed E-state index contributed by atoms with van der Waals surface area (Å²) in [7, 11) is 0. The molecule has 0 saturated carbocycles. The minimum absolute atomic E-state index is 0.257. The Morgan fingerprint density at radius 2 is 2.22 bits per heavy atom. The number of anilines is 1. The number of thiazole rings is 1. The third-order valence-electron chi connectivity index (χ3n) is 3.19. The van der Waals surface area contributed by atoms with E-state index in [4.69, 9.17) is 0 Å². The Balaban J connectivity index is 1.95. The molecule has 4 heteroatoms. The highest BCUT2D eigenvalue weighted by Gasteiger charge is 2.20. The van der Waals surface area contributed by atoms with E-state index < -0.39 is 0 Å². The van der Waals surface area contributed by atoms with Crippen LogP contribution in [0.4, 0.5) is 5.69 Å². The van der Waals surface area contributed by atoms with E-state index in [1.807, 2.05) is 35.8 Å². The molecule has 0 radical (unpaired) electrons. The number of carbonyl (C=O) groups excluding carboxylic acids is 1. The zero-order valence-electron chi connectivity index (χ0n) is 10.0. The third kappa shape index (κ3) is 2.16. The van der Waals surface area contributed by atoms with Crippen molar-refractivity contribution in [1.29, 1.82) is 0 Å². The number of benzene rings is 1. The highest BCUT2D eigenvalue weighted by atomic mass is 32.1. The molecule has 1 aliphatic heterocycles. The van der Waals surface area contributed by atoms with Crippen molar-refractivity contribution in [2.75, 3.05) is 11.4 Å². The van der Waals surface area contributed by atoms with Crippen molar-refractivity contribution in [3.05, 3.63) is 46.4 Å². The van der Waals surface area contributed by atoms with Crippen molar-refractivity contribution >= 4 is 22.8 Å². The maximum Gasteiger partial charge on any atom is 0.165 e. The molecule has 3 nitrogen and oxygen atoms in total. The van der Waals surface area contributed by atoms with Crippen molar-refractivity contribution in [3.63, 3.8) is 0 Å². The summed E-state index contributed by atoms with van der Waals surface area (Å²) in [4.78, 5) is 18.6. The van der Waals surface area contributed by atoms with E-state index >= 15 is 0 Å². The standard InChI is InChI=1S/C14H14N2OS/c17-13-6-3-8-16(10-14-15-7-9-18-14)12-5-2-1-4-11(12)13/h1-2,4-5,7,9H,3,6,8,10H2. The van der Waals surface area contributed by atoms with Gasteiger partial charge in [0, 0.05) is 35.8 Å². The molecular weight excluding hydrogens is 244 g/mol. The van der Waals surface area contributed by atoms with Gasteiger partial charge in [-0.1, -0.05) is 12.1 Å². The first-order valence-corrected chi connectivity index (χ1v) is 6.98. The van der Waals surface area contributed by atoms with Crippen LogP contribution in [-0.2, 0) is 6.54 Å². The summed E-state index contributed by atoms with van der Waals surface area (Å²) >= 11 is 1.66. The van der Waals surface area contributed by atoms with Crippen LogP contribution in [0.3, 0.4) is 0 Å². The lowest BCUT2D eigenvalue weighted by Gasteiger charge is -2.23. The minimum atomic E-state index is 0.257. The molecule has 0 atom stereocenters. The number of fused-ring (bicyclic) bond motifs is 1. The first-order chi connectivity index (χ1) is 8.84. The number of aromatic nitrogens is 1. The van der Waals surface area contributed by atoms with Gasteiger partial charge in [-0.3, -0.25) is 4.79 Å². The molecule has 0 N–H and O–H groups in total. The zero-order chi connectivity index (χ0) is 12.4. The molecule has 0 saturated heterocycles. The van der Waals surface area contributed by atoms with Gasteiger partial charge in [0.15, 0.2) is 5.78 Å². The molecule has 0 bridgehead atoms. The number of ketones is 1. The molecule has 0 spiro atoms. The molecule has 3 rings (SSSR count). The molecule has 1 aromatic carbocycles. The van der Waals surface area contributed by atoms with Crippen molar-refractivity contribution in [2.45, 2.75) is 19.4 Å². The number of carbonyl (C=O) groups is 1. The van der Waals surface area contributed by atoms with E-state index in [1.165, 1.54) is 0 Å². The molecule has 1 aliphatic rings. The van der Waals surface area contributed by atoms with Gasteiger partial charge < -0.3 is 4.90 Å². The Labute approximate surface area is 110 Å². The van der Waals surface area contributed by atoms with E-state index in [-0.39, 0.29) is 5.78 Å². The summed E-state index contributed by atoms with van der Waals surface area (Å²) in [5, 5.41) is 3.09. The molecule has 0 fully saturated rings. The number of Topliss-reactive ketones (excluding diaryl/α,β-unsaturated/α-hetero) is 1. The highest BCUT2D eigenvalue weighted by molar-refractivity contribution is 7.09. The highest BCUT2D eigenvalue weighted by Crippen LogP contribution is 2.27. The smallest absolute Gasteiger partial charge is 0.165 e. The maximum absolute atomic E-state index is 12.0. The third-order valence-corrected chi connectivity index (χ3v) is 3.95. The Hall–Kier alpha value is -1.68. The lowest BCUT2D eigenvalue weighted by Crippen LogP contribution is -2.23. The second-order valence-corrected chi connectivity index (χ2v) is 5.37. The topological polar surface area (TPSA) is 33.2 Å². The molecule has 92 valence electrons. The number of rotatable bonds is 2. The molecule has 0 unspecified atom stereocenters. The van der Waals surface area contributed by atoms with Crippen LogP contribution in [0.2, 0.25) is 0 Å². The van der Waals surface area contributed by atoms with Gasteiger partial charge in [-0.2, -0.15) is 0 Å². The van der Waals surface area contributed by atoms with Crippen molar-refractivity contribution in [3.8, 4) is 0 Å². The van der Waals surface area contributed by atoms with Gasteiger partial charge in [0.05, 0.1) is 6.54 Å². The minimum Gasteiger partial charge on any atom is -0.364 e. The fourth-order valence-corrected chi connectivity index (χ4v) is 2.96. The number of nitrogens with zero attached hydrogens (tertiary/aromatic N) is 2. The zero-order valence-corrected chi connectivity index (χ0v) is 10.8. The Morgan fingerprint density at radius 1 is 1.33 bits per heavy atom. The first kappa shape index (κ1) is 11.4. The summed E-state index contributed by atoms with van der Waals surface area (Å²) in [5.41, 5.74) is 1.90. The first-order valence-electron chi connectivity index (χ1n) is 6.10. The Kier molecular flexibility index (Phi) is 3.11. The quantitative estimate of drug-likeness (QED) is 0.829. The van der Waals surface area contributed by atoms with Gasteiger partial charge in [0.1, 0.15) is 5.01 Å². The molecule has 0 amide bonds. The van der Waals surface area contributed by atoms with E-state index in [1.54, 1.807) is 11.3 Å². The lowest BCUT2D eigenvalue weighted by atomic mass is 10.1. The van der Waals surface area contributed by atoms with Crippen LogP contribution in [0.15, 0.2) is 35.8 Å². The second kappa shape index (κ2) is 4.90. The van der Waals surface area contributed by atoms with Crippen LogP contribution in [0.5, 0.6) is 0 Å². The normalized spacial score (nSPS) is 15.3. The van der Waals surface area contributed by atoms with Gasteiger partial charge in [-0.05, 0) is 18.6 Å². The van der Waals surface area contributed by atoms with Gasteiger partial charge in [-0.15, -0.1) is 11.3 Å². The van der Waals surface area contributed by atoms with Crippen LogP contribution in [0.25, 0.3) is 0 Å². The summed E-state index contributed by atoms with van der Waals surface area (Å²) in [6.45, 7) is 1.71. The Bertz CT molecular complexity index is 551. The van der Waals surface area contributed by atoms with Crippen molar-refractivity contribution in [1.82, 2.24) is 4.98 Å². The van der Waals surface area contributed by atoms with Gasteiger partial charge >= 0.3 is 0 Å². The van der Waals surface area contributed by atoms with Crippen LogP contribution in [0.1, 0.15) is 28.2 Å². The van der Waals surface area contributed by atoms with E-state index in [9.17, 15) is 4.79 Å². The molecular formula is C14H14N2OS. The monoisotopic (exact) mass is 258 g/mol. The summed E-state index contributed by atoms with van der Waals surface area (Å²) < 4.78 is 0. The lowest BCUT2D eigenvalue weighted by molar-refractivity contribution is 0.0984. The Morgan fingerprint density at radius 3 is 3.06 bits per heavy atom. The van der Waals surface area contributed by atoms with Crippen LogP contribution in [0, 0.1) is 0 Å². The molecule has 0 aliphatic carbocycles. The second-order valence-electron chi connectivity index (χ2n) is 4.39. The summed E-state index contributed by atoms with van der Waals surface area (Å²) in [5.74, 6) is 0.257. The van der Waals surface area contributed by atoms with Crippen LogP contribution < -0.4 is 4.90 Å². The number of hydrogen-bond acceptors (Lipinski definition) is 4. The maximum atomic E-state index is 12.0. The van der Waals surface area contributed by atoms with Gasteiger partial charge in [-0.25, -0.2) is 4.98 Å².